The minimum absolute atomic E-state index is 0.0378. The van der Waals surface area contributed by atoms with Crippen LogP contribution in [0.1, 0.15) is 18.9 Å². The summed E-state index contributed by atoms with van der Waals surface area (Å²) in [5.41, 5.74) is 0.0518. The number of carbonyl (C=O) groups excluding carboxylic acids is 2. The van der Waals surface area contributed by atoms with Crippen molar-refractivity contribution in [2.45, 2.75) is 18.9 Å². The highest BCUT2D eigenvalue weighted by Gasteiger charge is 2.28. The summed E-state index contributed by atoms with van der Waals surface area (Å²) in [6.07, 6.45) is 0.245. The lowest BCUT2D eigenvalue weighted by molar-refractivity contribution is -0.123. The van der Waals surface area contributed by atoms with E-state index in [4.69, 9.17) is 0 Å². The zero-order valence-electron chi connectivity index (χ0n) is 12.0. The van der Waals surface area contributed by atoms with Gasteiger partial charge in [0.05, 0.1) is 12.1 Å². The van der Waals surface area contributed by atoms with Crippen molar-refractivity contribution in [1.29, 1.82) is 0 Å². The van der Waals surface area contributed by atoms with Crippen molar-refractivity contribution in [3.8, 4) is 0 Å². The lowest BCUT2D eigenvalue weighted by Gasteiger charge is -2.29. The van der Waals surface area contributed by atoms with Crippen molar-refractivity contribution in [2.24, 2.45) is 0 Å². The van der Waals surface area contributed by atoms with Crippen LogP contribution in [-0.2, 0) is 10.3 Å². The summed E-state index contributed by atoms with van der Waals surface area (Å²) in [6.45, 7) is 2.74. The topological polar surface area (TPSA) is 69.6 Å². The highest BCUT2D eigenvalue weighted by atomic mass is 32.2. The Labute approximate surface area is 128 Å². The first-order valence-electron chi connectivity index (χ1n) is 6.94. The van der Waals surface area contributed by atoms with Gasteiger partial charge in [0.25, 0.3) is 5.24 Å². The second-order valence-electron chi connectivity index (χ2n) is 5.26. The van der Waals surface area contributed by atoms with Crippen molar-refractivity contribution in [2.75, 3.05) is 25.4 Å². The summed E-state index contributed by atoms with van der Waals surface area (Å²) in [6, 6.07) is 9.37. The van der Waals surface area contributed by atoms with Gasteiger partial charge in [-0.1, -0.05) is 42.1 Å². The fourth-order valence-corrected chi connectivity index (χ4v) is 3.10. The van der Waals surface area contributed by atoms with Crippen molar-refractivity contribution in [3.63, 3.8) is 0 Å². The summed E-state index contributed by atoms with van der Waals surface area (Å²) < 4.78 is 0. The van der Waals surface area contributed by atoms with Crippen LogP contribution in [0.3, 0.4) is 0 Å². The largest absolute Gasteiger partial charge is 0.394 e. The van der Waals surface area contributed by atoms with E-state index in [1.165, 1.54) is 11.8 Å². The Bertz CT molecular complexity index is 509. The third-order valence-corrected chi connectivity index (χ3v) is 4.49. The molecule has 0 aromatic heterocycles. The minimum Gasteiger partial charge on any atom is -0.394 e. The van der Waals surface area contributed by atoms with Crippen LogP contribution >= 0.6 is 11.8 Å². The average Bonchev–Trinajstić information content (AvgIpc) is 2.91. The molecule has 21 heavy (non-hydrogen) atoms. The molecule has 0 aliphatic carbocycles. The molecular formula is C15H20N2O3S. The Balaban J connectivity index is 1.92. The molecule has 1 saturated heterocycles. The number of aliphatic hydroxyl groups is 1. The number of amides is 2. The number of carbonyl (C=O) groups is 2. The van der Waals surface area contributed by atoms with Gasteiger partial charge in [0, 0.05) is 25.3 Å². The molecule has 2 N–H and O–H groups in total. The Morgan fingerprint density at radius 1 is 1.43 bits per heavy atom. The van der Waals surface area contributed by atoms with E-state index in [0.717, 1.165) is 11.3 Å². The van der Waals surface area contributed by atoms with Crippen LogP contribution in [0.2, 0.25) is 0 Å². The van der Waals surface area contributed by atoms with Gasteiger partial charge in [0.15, 0.2) is 0 Å². The van der Waals surface area contributed by atoms with Crippen LogP contribution < -0.4 is 5.32 Å². The van der Waals surface area contributed by atoms with E-state index in [0.29, 0.717) is 13.1 Å². The van der Waals surface area contributed by atoms with E-state index in [-0.39, 0.29) is 24.2 Å². The number of rotatable bonds is 6. The first-order chi connectivity index (χ1) is 10.0. The molecule has 1 fully saturated rings. The maximum Gasteiger partial charge on any atom is 0.281 e. The predicted octanol–water partition coefficient (Wildman–Crippen LogP) is 1.57. The molecule has 5 nitrogen and oxygen atoms in total. The summed E-state index contributed by atoms with van der Waals surface area (Å²) >= 11 is 1.29. The van der Waals surface area contributed by atoms with Gasteiger partial charge in [-0.05, 0) is 12.5 Å². The number of hydrogen-bond acceptors (Lipinski definition) is 4. The molecule has 1 aromatic carbocycles. The molecule has 1 atom stereocenters. The summed E-state index contributed by atoms with van der Waals surface area (Å²) in [5, 5.41) is 12.5. The number of nitrogens with zero attached hydrogens (tertiary/aromatic N) is 1. The Morgan fingerprint density at radius 3 is 2.71 bits per heavy atom. The molecule has 0 bridgehead atoms. The maximum absolute atomic E-state index is 12.1. The Morgan fingerprint density at radius 2 is 2.14 bits per heavy atom. The van der Waals surface area contributed by atoms with Crippen molar-refractivity contribution in [1.82, 2.24) is 10.2 Å². The van der Waals surface area contributed by atoms with Crippen LogP contribution in [0.5, 0.6) is 0 Å². The molecule has 1 unspecified atom stereocenters. The lowest BCUT2D eigenvalue weighted by atomic mass is 9.93. The smallest absolute Gasteiger partial charge is 0.281 e. The van der Waals surface area contributed by atoms with Crippen molar-refractivity contribution >= 4 is 22.9 Å². The van der Waals surface area contributed by atoms with E-state index in [9.17, 15) is 14.7 Å². The van der Waals surface area contributed by atoms with Crippen LogP contribution in [0.4, 0.5) is 4.79 Å². The SMILES string of the molecule is CC(CO)(NC(=O)CCN1CCSC1=O)c1ccccc1. The van der Waals surface area contributed by atoms with E-state index < -0.39 is 5.54 Å². The highest BCUT2D eigenvalue weighted by molar-refractivity contribution is 8.13. The maximum atomic E-state index is 12.1. The monoisotopic (exact) mass is 308 g/mol. The quantitative estimate of drug-likeness (QED) is 0.837. The number of nitrogens with one attached hydrogen (secondary N) is 1. The molecule has 2 amide bonds. The van der Waals surface area contributed by atoms with Gasteiger partial charge in [0.1, 0.15) is 0 Å². The molecule has 0 radical (unpaired) electrons. The van der Waals surface area contributed by atoms with E-state index in [1.807, 2.05) is 30.3 Å². The zero-order valence-corrected chi connectivity index (χ0v) is 12.9. The molecule has 1 aliphatic heterocycles. The zero-order chi connectivity index (χ0) is 15.3. The Kier molecular flexibility index (Phi) is 5.25. The summed E-state index contributed by atoms with van der Waals surface area (Å²) in [4.78, 5) is 25.2. The molecule has 1 heterocycles. The molecular weight excluding hydrogens is 288 g/mol. The number of thioether (sulfide) groups is 1. The van der Waals surface area contributed by atoms with Crippen LogP contribution in [-0.4, -0.2) is 46.6 Å². The van der Waals surface area contributed by atoms with Gasteiger partial charge in [-0.25, -0.2) is 0 Å². The van der Waals surface area contributed by atoms with Crippen LogP contribution in [0, 0.1) is 0 Å². The second-order valence-corrected chi connectivity index (χ2v) is 6.30. The minimum atomic E-state index is -0.803. The van der Waals surface area contributed by atoms with Gasteiger partial charge in [-0.2, -0.15) is 0 Å². The molecule has 1 aliphatic rings. The first kappa shape index (κ1) is 15.9. The van der Waals surface area contributed by atoms with Gasteiger partial charge in [-0.3, -0.25) is 9.59 Å². The normalized spacial score (nSPS) is 17.6. The first-order valence-corrected chi connectivity index (χ1v) is 7.93. The molecule has 1 aromatic rings. The third kappa shape index (κ3) is 3.98. The summed E-state index contributed by atoms with van der Waals surface area (Å²) in [7, 11) is 0. The number of benzene rings is 1. The van der Waals surface area contributed by atoms with Crippen molar-refractivity contribution in [3.05, 3.63) is 35.9 Å². The van der Waals surface area contributed by atoms with Crippen molar-refractivity contribution < 1.29 is 14.7 Å². The molecule has 114 valence electrons. The Hall–Kier alpha value is -1.53. The van der Waals surface area contributed by atoms with E-state index in [1.54, 1.807) is 11.8 Å². The average molecular weight is 308 g/mol. The third-order valence-electron chi connectivity index (χ3n) is 3.60. The van der Waals surface area contributed by atoms with E-state index in [2.05, 4.69) is 5.32 Å². The second kappa shape index (κ2) is 6.95. The molecule has 0 spiro atoms. The predicted molar refractivity (Wildman–Crippen MR) is 83.1 cm³/mol. The standard InChI is InChI=1S/C15H20N2O3S/c1-15(11-18,12-5-3-2-4-6-12)16-13(19)7-8-17-9-10-21-14(17)20/h2-6,18H,7-11H2,1H3,(H,16,19). The van der Waals surface area contributed by atoms with Gasteiger partial charge < -0.3 is 15.3 Å². The number of hydrogen-bond donors (Lipinski definition) is 2. The van der Waals surface area contributed by atoms with Crippen LogP contribution in [0.15, 0.2) is 30.3 Å². The van der Waals surface area contributed by atoms with Gasteiger partial charge in [0.2, 0.25) is 5.91 Å². The summed E-state index contributed by atoms with van der Waals surface area (Å²) in [5.74, 6) is 0.624. The van der Waals surface area contributed by atoms with Gasteiger partial charge in [-0.15, -0.1) is 0 Å². The fourth-order valence-electron chi connectivity index (χ4n) is 2.24. The molecule has 0 saturated carbocycles. The fraction of sp³-hybridized carbons (Fsp3) is 0.467. The van der Waals surface area contributed by atoms with E-state index >= 15 is 0 Å². The molecule has 6 heteroatoms. The lowest BCUT2D eigenvalue weighted by Crippen LogP contribution is -2.47. The number of aliphatic hydroxyl groups excluding tert-OH is 1. The molecule has 2 rings (SSSR count). The van der Waals surface area contributed by atoms with Gasteiger partial charge >= 0.3 is 0 Å². The highest BCUT2D eigenvalue weighted by Crippen LogP contribution is 2.20. The van der Waals surface area contributed by atoms with Crippen LogP contribution in [0.25, 0.3) is 0 Å².